The molecule has 0 saturated heterocycles. The predicted octanol–water partition coefficient (Wildman–Crippen LogP) is 0.542. The summed E-state index contributed by atoms with van der Waals surface area (Å²) in [6.45, 7) is 5.15. The van der Waals surface area contributed by atoms with E-state index >= 15 is 0 Å². The summed E-state index contributed by atoms with van der Waals surface area (Å²) in [6, 6.07) is 0.959. The van der Waals surface area contributed by atoms with Crippen molar-refractivity contribution in [1.82, 2.24) is 9.97 Å². The lowest BCUT2D eigenvalue weighted by molar-refractivity contribution is -0.141. The van der Waals surface area contributed by atoms with Gasteiger partial charge in [-0.05, 0) is 26.8 Å². The number of carbonyl (C=O) groups excluding carboxylic acids is 2. The van der Waals surface area contributed by atoms with Crippen molar-refractivity contribution in [2.24, 2.45) is 5.73 Å². The van der Waals surface area contributed by atoms with Gasteiger partial charge in [0.2, 0.25) is 5.95 Å². The molecule has 0 aliphatic heterocycles. The number of ether oxygens (including phenoxy) is 1. The number of aromatic nitrogens is 2. The molecule has 0 fully saturated rings. The van der Waals surface area contributed by atoms with Gasteiger partial charge >= 0.3 is 12.0 Å². The molecule has 18 heavy (non-hydrogen) atoms. The van der Waals surface area contributed by atoms with Gasteiger partial charge in [-0.2, -0.15) is 0 Å². The summed E-state index contributed by atoms with van der Waals surface area (Å²) in [4.78, 5) is 31.8. The van der Waals surface area contributed by atoms with E-state index in [1.54, 1.807) is 26.8 Å². The van der Waals surface area contributed by atoms with E-state index in [-0.39, 0.29) is 19.1 Å². The first kappa shape index (κ1) is 13.9. The number of rotatable bonds is 4. The van der Waals surface area contributed by atoms with Crippen LogP contribution < -0.4 is 10.6 Å². The summed E-state index contributed by atoms with van der Waals surface area (Å²) in [5.74, 6) is -0.452. The van der Waals surface area contributed by atoms with Crippen molar-refractivity contribution in [3.63, 3.8) is 0 Å². The van der Waals surface area contributed by atoms with Gasteiger partial charge in [0.15, 0.2) is 0 Å². The maximum atomic E-state index is 11.4. The molecule has 0 aliphatic rings. The average molecular weight is 252 g/mol. The smallest absolute Gasteiger partial charge is 0.326 e. The Labute approximate surface area is 105 Å². The van der Waals surface area contributed by atoms with E-state index < -0.39 is 12.0 Å². The Morgan fingerprint density at radius 1 is 1.33 bits per heavy atom. The third-order valence-corrected chi connectivity index (χ3v) is 2.07. The van der Waals surface area contributed by atoms with Gasteiger partial charge in [-0.3, -0.25) is 9.69 Å². The second-order valence-electron chi connectivity index (χ2n) is 3.68. The minimum Gasteiger partial charge on any atom is -0.465 e. The van der Waals surface area contributed by atoms with Crippen LogP contribution in [0.4, 0.5) is 10.7 Å². The number of primary amides is 1. The van der Waals surface area contributed by atoms with E-state index in [2.05, 4.69) is 9.97 Å². The van der Waals surface area contributed by atoms with Crippen LogP contribution in [0.3, 0.4) is 0 Å². The second kappa shape index (κ2) is 5.95. The predicted molar refractivity (Wildman–Crippen MR) is 65.1 cm³/mol. The quantitative estimate of drug-likeness (QED) is 0.788. The molecule has 0 unspecified atom stereocenters. The molecule has 7 nitrogen and oxygen atoms in total. The fourth-order valence-corrected chi connectivity index (χ4v) is 1.41. The fourth-order valence-electron chi connectivity index (χ4n) is 1.41. The molecule has 2 N–H and O–H groups in total. The summed E-state index contributed by atoms with van der Waals surface area (Å²) in [5, 5.41) is 0. The standard InChI is InChI=1S/C11H16N4O3/c1-4-18-9(16)6-15(10(12)17)11-13-7(2)5-8(3)14-11/h5H,4,6H2,1-3H3,(H2,12,17). The highest BCUT2D eigenvalue weighted by molar-refractivity contribution is 5.93. The number of aryl methyl sites for hydroxylation is 2. The minimum absolute atomic E-state index is 0.105. The van der Waals surface area contributed by atoms with Gasteiger partial charge in [0, 0.05) is 11.4 Å². The highest BCUT2D eigenvalue weighted by Crippen LogP contribution is 2.09. The molecule has 0 aliphatic carbocycles. The molecule has 0 aromatic carbocycles. The summed E-state index contributed by atoms with van der Waals surface area (Å²) < 4.78 is 4.76. The fraction of sp³-hybridized carbons (Fsp3) is 0.455. The zero-order chi connectivity index (χ0) is 13.7. The van der Waals surface area contributed by atoms with E-state index in [9.17, 15) is 9.59 Å². The lowest BCUT2D eigenvalue weighted by atomic mass is 10.3. The molecule has 0 spiro atoms. The topological polar surface area (TPSA) is 98.4 Å². The van der Waals surface area contributed by atoms with Crippen molar-refractivity contribution in [3.05, 3.63) is 17.5 Å². The van der Waals surface area contributed by atoms with E-state index in [1.807, 2.05) is 0 Å². The number of carbonyl (C=O) groups is 2. The normalized spacial score (nSPS) is 9.94. The Hall–Kier alpha value is -2.18. The Morgan fingerprint density at radius 2 is 1.89 bits per heavy atom. The summed E-state index contributed by atoms with van der Waals surface area (Å²) in [6.07, 6.45) is 0. The van der Waals surface area contributed by atoms with E-state index in [4.69, 9.17) is 10.5 Å². The van der Waals surface area contributed by atoms with Crippen LogP contribution in [0.15, 0.2) is 6.07 Å². The first-order valence-corrected chi connectivity index (χ1v) is 5.49. The number of anilines is 1. The van der Waals surface area contributed by atoms with Gasteiger partial charge in [0.25, 0.3) is 0 Å². The largest absolute Gasteiger partial charge is 0.465 e. The van der Waals surface area contributed by atoms with Crippen LogP contribution in [0, 0.1) is 13.8 Å². The first-order valence-electron chi connectivity index (χ1n) is 5.49. The monoisotopic (exact) mass is 252 g/mol. The van der Waals surface area contributed by atoms with Crippen LogP contribution in [0.5, 0.6) is 0 Å². The molecule has 0 bridgehead atoms. The van der Waals surface area contributed by atoms with Crippen LogP contribution in [0.2, 0.25) is 0 Å². The molecule has 1 aromatic heterocycles. The second-order valence-corrected chi connectivity index (χ2v) is 3.68. The third kappa shape index (κ3) is 3.69. The number of nitrogens with zero attached hydrogens (tertiary/aromatic N) is 3. The van der Waals surface area contributed by atoms with Crippen molar-refractivity contribution in [1.29, 1.82) is 0 Å². The molecule has 1 heterocycles. The molecule has 1 aromatic rings. The number of hydrogen-bond acceptors (Lipinski definition) is 5. The maximum Gasteiger partial charge on any atom is 0.326 e. The van der Waals surface area contributed by atoms with Crippen molar-refractivity contribution < 1.29 is 14.3 Å². The van der Waals surface area contributed by atoms with E-state index in [1.165, 1.54) is 0 Å². The summed E-state index contributed by atoms with van der Waals surface area (Å²) in [7, 11) is 0. The van der Waals surface area contributed by atoms with Gasteiger partial charge in [-0.1, -0.05) is 0 Å². The van der Waals surface area contributed by atoms with Crippen LogP contribution in [0.25, 0.3) is 0 Å². The molecular weight excluding hydrogens is 236 g/mol. The molecule has 7 heteroatoms. The molecule has 0 radical (unpaired) electrons. The Bertz CT molecular complexity index is 441. The van der Waals surface area contributed by atoms with Gasteiger partial charge in [-0.25, -0.2) is 14.8 Å². The molecule has 1 rings (SSSR count). The number of urea groups is 1. The van der Waals surface area contributed by atoms with Crippen molar-refractivity contribution in [2.75, 3.05) is 18.1 Å². The zero-order valence-electron chi connectivity index (χ0n) is 10.6. The Morgan fingerprint density at radius 3 is 2.33 bits per heavy atom. The Balaban J connectivity index is 2.97. The third-order valence-electron chi connectivity index (χ3n) is 2.07. The van der Waals surface area contributed by atoms with E-state index in [0.29, 0.717) is 11.4 Å². The molecule has 98 valence electrons. The van der Waals surface area contributed by atoms with E-state index in [0.717, 1.165) is 4.90 Å². The molecular formula is C11H16N4O3. The van der Waals surface area contributed by atoms with Gasteiger partial charge in [-0.15, -0.1) is 0 Å². The SMILES string of the molecule is CCOC(=O)CN(C(N)=O)c1nc(C)cc(C)n1. The number of esters is 1. The molecule has 2 amide bonds. The van der Waals surface area contributed by atoms with Gasteiger partial charge in [0.1, 0.15) is 6.54 Å². The summed E-state index contributed by atoms with van der Waals surface area (Å²) in [5.41, 5.74) is 6.59. The number of nitrogens with two attached hydrogens (primary N) is 1. The Kier molecular flexibility index (Phi) is 4.59. The van der Waals surface area contributed by atoms with Crippen molar-refractivity contribution in [2.45, 2.75) is 20.8 Å². The van der Waals surface area contributed by atoms with Crippen molar-refractivity contribution >= 4 is 17.9 Å². The van der Waals surface area contributed by atoms with Gasteiger partial charge < -0.3 is 10.5 Å². The number of hydrogen-bond donors (Lipinski definition) is 1. The maximum absolute atomic E-state index is 11.4. The zero-order valence-corrected chi connectivity index (χ0v) is 10.6. The minimum atomic E-state index is -0.798. The summed E-state index contributed by atoms with van der Waals surface area (Å²) >= 11 is 0. The van der Waals surface area contributed by atoms with Crippen molar-refractivity contribution in [3.8, 4) is 0 Å². The van der Waals surface area contributed by atoms with Crippen LogP contribution in [0.1, 0.15) is 18.3 Å². The first-order chi connectivity index (χ1) is 8.43. The average Bonchev–Trinajstić information content (AvgIpc) is 2.24. The van der Waals surface area contributed by atoms with Gasteiger partial charge in [0.05, 0.1) is 6.61 Å². The molecule has 0 saturated carbocycles. The van der Waals surface area contributed by atoms with Crippen LogP contribution in [-0.2, 0) is 9.53 Å². The van der Waals surface area contributed by atoms with Crippen LogP contribution >= 0.6 is 0 Å². The lowest BCUT2D eigenvalue weighted by Gasteiger charge is -2.17. The highest BCUT2D eigenvalue weighted by atomic mass is 16.5. The van der Waals surface area contributed by atoms with Crippen LogP contribution in [-0.4, -0.2) is 35.1 Å². The molecule has 0 atom stereocenters. The highest BCUT2D eigenvalue weighted by Gasteiger charge is 2.20. The lowest BCUT2D eigenvalue weighted by Crippen LogP contribution is -2.41. The number of amides is 2.